The summed E-state index contributed by atoms with van der Waals surface area (Å²) in [6.07, 6.45) is 5.73. The summed E-state index contributed by atoms with van der Waals surface area (Å²) in [6, 6.07) is 7.88. The first kappa shape index (κ1) is 13.6. The van der Waals surface area contributed by atoms with Gasteiger partial charge in [0.15, 0.2) is 0 Å². The van der Waals surface area contributed by atoms with Gasteiger partial charge in [-0.25, -0.2) is 0 Å². The van der Waals surface area contributed by atoms with Gasteiger partial charge in [0.05, 0.1) is 12.3 Å². The maximum absolute atomic E-state index is 12.3. The fourth-order valence-corrected chi connectivity index (χ4v) is 3.32. The molecule has 0 bridgehead atoms. The Morgan fingerprint density at radius 3 is 2.55 bits per heavy atom. The number of carbonyl (C=O) groups excluding carboxylic acids is 1. The first-order chi connectivity index (χ1) is 9.72. The average Bonchev–Trinajstić information content (AvgIpc) is 2.77. The molecule has 0 aromatic heterocycles. The topological polar surface area (TPSA) is 50.4 Å². The standard InChI is InChI=1S/C16H22N2O2/c1-20-11-12-5-7-13(8-6-12)14-15(19)18-16(17-14)9-3-2-4-10-16/h5-8,14,17H,2-4,9-11H2,1H3,(H,18,19). The Morgan fingerprint density at radius 2 is 1.90 bits per heavy atom. The third-order valence-corrected chi connectivity index (χ3v) is 4.38. The Bertz CT molecular complexity index is 478. The summed E-state index contributed by atoms with van der Waals surface area (Å²) >= 11 is 0. The van der Waals surface area contributed by atoms with Crippen LogP contribution in [-0.4, -0.2) is 18.7 Å². The molecule has 2 fully saturated rings. The molecule has 0 radical (unpaired) electrons. The lowest BCUT2D eigenvalue weighted by atomic mass is 9.89. The number of hydrogen-bond acceptors (Lipinski definition) is 3. The van der Waals surface area contributed by atoms with E-state index in [2.05, 4.69) is 10.6 Å². The zero-order valence-electron chi connectivity index (χ0n) is 11.9. The third kappa shape index (κ3) is 2.58. The van der Waals surface area contributed by atoms with Crippen molar-refractivity contribution in [3.63, 3.8) is 0 Å². The number of nitrogens with one attached hydrogen (secondary N) is 2. The van der Waals surface area contributed by atoms with Gasteiger partial charge in [0.25, 0.3) is 0 Å². The molecule has 1 spiro atoms. The van der Waals surface area contributed by atoms with Crippen molar-refractivity contribution in [3.8, 4) is 0 Å². The van der Waals surface area contributed by atoms with Gasteiger partial charge < -0.3 is 10.1 Å². The summed E-state index contributed by atoms with van der Waals surface area (Å²) in [7, 11) is 1.69. The van der Waals surface area contributed by atoms with Gasteiger partial charge in [-0.3, -0.25) is 10.1 Å². The van der Waals surface area contributed by atoms with E-state index in [0.717, 1.165) is 24.0 Å². The van der Waals surface area contributed by atoms with Crippen molar-refractivity contribution in [2.45, 2.75) is 50.4 Å². The molecule has 1 unspecified atom stereocenters. The van der Waals surface area contributed by atoms with Crippen molar-refractivity contribution in [2.24, 2.45) is 0 Å². The molecule has 4 heteroatoms. The van der Waals surface area contributed by atoms with E-state index >= 15 is 0 Å². The van der Waals surface area contributed by atoms with E-state index in [0.29, 0.717) is 6.61 Å². The highest BCUT2D eigenvalue weighted by Crippen LogP contribution is 2.33. The molecule has 2 N–H and O–H groups in total. The number of benzene rings is 1. The minimum atomic E-state index is -0.218. The lowest BCUT2D eigenvalue weighted by Gasteiger charge is -2.33. The van der Waals surface area contributed by atoms with Crippen molar-refractivity contribution in [1.82, 2.24) is 10.6 Å². The van der Waals surface area contributed by atoms with E-state index in [4.69, 9.17) is 4.74 Å². The van der Waals surface area contributed by atoms with Crippen LogP contribution in [0, 0.1) is 0 Å². The predicted octanol–water partition coefficient (Wildman–Crippen LogP) is 2.25. The molecular formula is C16H22N2O2. The summed E-state index contributed by atoms with van der Waals surface area (Å²) < 4.78 is 5.11. The molecule has 1 heterocycles. The molecular weight excluding hydrogens is 252 g/mol. The van der Waals surface area contributed by atoms with Gasteiger partial charge in [0.1, 0.15) is 6.04 Å². The van der Waals surface area contributed by atoms with Crippen molar-refractivity contribution >= 4 is 5.91 Å². The van der Waals surface area contributed by atoms with Crippen LogP contribution in [0.15, 0.2) is 24.3 Å². The highest BCUT2D eigenvalue weighted by atomic mass is 16.5. The Labute approximate surface area is 119 Å². The summed E-state index contributed by atoms with van der Waals surface area (Å²) in [5.74, 6) is 0.103. The lowest BCUT2D eigenvalue weighted by Crippen LogP contribution is -2.51. The van der Waals surface area contributed by atoms with Gasteiger partial charge in [-0.1, -0.05) is 30.7 Å². The zero-order chi connectivity index (χ0) is 14.0. The van der Waals surface area contributed by atoms with Crippen LogP contribution in [0.5, 0.6) is 0 Å². The Kier molecular flexibility index (Phi) is 3.76. The van der Waals surface area contributed by atoms with Crippen LogP contribution < -0.4 is 10.6 Å². The largest absolute Gasteiger partial charge is 0.380 e. The minimum absolute atomic E-state index is 0.103. The molecule has 1 aliphatic carbocycles. The van der Waals surface area contributed by atoms with Crippen LogP contribution in [0.4, 0.5) is 0 Å². The van der Waals surface area contributed by atoms with E-state index in [1.165, 1.54) is 19.3 Å². The Morgan fingerprint density at radius 1 is 1.20 bits per heavy atom. The molecule has 20 heavy (non-hydrogen) atoms. The van der Waals surface area contributed by atoms with E-state index in [-0.39, 0.29) is 17.6 Å². The second-order valence-electron chi connectivity index (χ2n) is 5.88. The number of amides is 1. The molecule has 1 amide bonds. The van der Waals surface area contributed by atoms with Gasteiger partial charge in [-0.15, -0.1) is 0 Å². The zero-order valence-corrected chi connectivity index (χ0v) is 11.9. The van der Waals surface area contributed by atoms with Crippen LogP contribution in [-0.2, 0) is 16.1 Å². The number of rotatable bonds is 3. The van der Waals surface area contributed by atoms with E-state index < -0.39 is 0 Å². The summed E-state index contributed by atoms with van der Waals surface area (Å²) in [5, 5.41) is 6.71. The minimum Gasteiger partial charge on any atom is -0.380 e. The van der Waals surface area contributed by atoms with Crippen molar-refractivity contribution in [1.29, 1.82) is 0 Å². The lowest BCUT2D eigenvalue weighted by molar-refractivity contribution is -0.121. The summed E-state index contributed by atoms with van der Waals surface area (Å²) in [5.41, 5.74) is 2.00. The molecule has 108 valence electrons. The highest BCUT2D eigenvalue weighted by molar-refractivity contribution is 5.86. The van der Waals surface area contributed by atoms with Crippen LogP contribution in [0.25, 0.3) is 0 Å². The van der Waals surface area contributed by atoms with Crippen LogP contribution >= 0.6 is 0 Å². The predicted molar refractivity (Wildman–Crippen MR) is 77.0 cm³/mol. The molecule has 1 aliphatic heterocycles. The van der Waals surface area contributed by atoms with Crippen LogP contribution in [0.2, 0.25) is 0 Å². The number of hydrogen-bond donors (Lipinski definition) is 2. The number of carbonyl (C=O) groups is 1. The smallest absolute Gasteiger partial charge is 0.243 e. The maximum Gasteiger partial charge on any atom is 0.243 e. The quantitative estimate of drug-likeness (QED) is 0.889. The Hall–Kier alpha value is -1.39. The Balaban J connectivity index is 1.75. The first-order valence-corrected chi connectivity index (χ1v) is 7.40. The maximum atomic E-state index is 12.3. The molecule has 3 rings (SSSR count). The van der Waals surface area contributed by atoms with Crippen molar-refractivity contribution in [3.05, 3.63) is 35.4 Å². The highest BCUT2D eigenvalue weighted by Gasteiger charge is 2.44. The SMILES string of the molecule is COCc1ccc(C2NC3(CCCCC3)NC2=O)cc1. The fourth-order valence-electron chi connectivity index (χ4n) is 3.32. The molecule has 1 saturated heterocycles. The second kappa shape index (κ2) is 5.54. The van der Waals surface area contributed by atoms with E-state index in [1.54, 1.807) is 7.11 Å². The average molecular weight is 274 g/mol. The van der Waals surface area contributed by atoms with Gasteiger partial charge in [-0.2, -0.15) is 0 Å². The van der Waals surface area contributed by atoms with Crippen LogP contribution in [0.3, 0.4) is 0 Å². The molecule has 2 aliphatic rings. The van der Waals surface area contributed by atoms with Gasteiger partial charge in [0, 0.05) is 7.11 Å². The third-order valence-electron chi connectivity index (χ3n) is 4.38. The first-order valence-electron chi connectivity index (χ1n) is 7.40. The van der Waals surface area contributed by atoms with Gasteiger partial charge in [-0.05, 0) is 36.8 Å². The van der Waals surface area contributed by atoms with Gasteiger partial charge >= 0.3 is 0 Å². The van der Waals surface area contributed by atoms with Crippen molar-refractivity contribution < 1.29 is 9.53 Å². The number of ether oxygens (including phenoxy) is 1. The van der Waals surface area contributed by atoms with Gasteiger partial charge in [0.2, 0.25) is 5.91 Å². The fraction of sp³-hybridized carbons (Fsp3) is 0.562. The second-order valence-corrected chi connectivity index (χ2v) is 5.88. The number of methoxy groups -OCH3 is 1. The molecule has 1 aromatic carbocycles. The van der Waals surface area contributed by atoms with Crippen LogP contribution in [0.1, 0.15) is 49.3 Å². The van der Waals surface area contributed by atoms with E-state index in [1.807, 2.05) is 24.3 Å². The van der Waals surface area contributed by atoms with E-state index in [9.17, 15) is 4.79 Å². The molecule has 1 saturated carbocycles. The monoisotopic (exact) mass is 274 g/mol. The molecule has 1 atom stereocenters. The summed E-state index contributed by atoms with van der Waals surface area (Å²) in [6.45, 7) is 0.606. The molecule has 4 nitrogen and oxygen atoms in total. The normalized spacial score (nSPS) is 24.9. The summed E-state index contributed by atoms with van der Waals surface area (Å²) in [4.78, 5) is 12.3. The molecule has 1 aromatic rings. The van der Waals surface area contributed by atoms with Crippen molar-refractivity contribution in [2.75, 3.05) is 7.11 Å².